The summed E-state index contributed by atoms with van der Waals surface area (Å²) in [6, 6.07) is 6.00. The number of carbonyl (C=O) groups excluding carboxylic acids is 1. The molecule has 1 aromatic rings. The van der Waals surface area contributed by atoms with E-state index < -0.39 is 0 Å². The average Bonchev–Trinajstić information content (AvgIpc) is 2.21. The van der Waals surface area contributed by atoms with Crippen molar-refractivity contribution in [2.75, 3.05) is 18.9 Å². The van der Waals surface area contributed by atoms with E-state index in [0.717, 1.165) is 16.8 Å². The lowest BCUT2D eigenvalue weighted by Crippen LogP contribution is -2.19. The van der Waals surface area contributed by atoms with E-state index in [2.05, 4.69) is 10.6 Å². The van der Waals surface area contributed by atoms with Gasteiger partial charge in [-0.05, 0) is 32.0 Å². The summed E-state index contributed by atoms with van der Waals surface area (Å²) >= 11 is 0. The lowest BCUT2D eigenvalue weighted by Gasteiger charge is -2.11. The normalized spacial score (nSPS) is 9.44. The molecule has 0 atom stereocenters. The van der Waals surface area contributed by atoms with E-state index >= 15 is 0 Å². The number of rotatable bonds is 4. The van der Waals surface area contributed by atoms with Crippen molar-refractivity contribution in [2.45, 2.75) is 20.3 Å². The fraction of sp³-hybridized carbons (Fsp3) is 0.417. The van der Waals surface area contributed by atoms with Crippen molar-refractivity contribution < 1.29 is 4.79 Å². The topological polar surface area (TPSA) is 41.1 Å². The highest BCUT2D eigenvalue weighted by molar-refractivity contribution is 5.92. The van der Waals surface area contributed by atoms with Crippen LogP contribution in [0, 0.1) is 13.8 Å². The molecule has 0 saturated heterocycles. The molecule has 0 spiro atoms. The second-order valence-electron chi connectivity index (χ2n) is 3.67. The smallest absolute Gasteiger partial charge is 0.225 e. The molecule has 0 saturated carbocycles. The van der Waals surface area contributed by atoms with Crippen LogP contribution in [0.3, 0.4) is 0 Å². The van der Waals surface area contributed by atoms with Crippen molar-refractivity contribution in [3.05, 3.63) is 29.3 Å². The molecule has 0 aliphatic carbocycles. The minimum absolute atomic E-state index is 0. The average molecular weight is 243 g/mol. The molecular weight excluding hydrogens is 224 g/mol. The van der Waals surface area contributed by atoms with Crippen molar-refractivity contribution in [3.8, 4) is 0 Å². The fourth-order valence-corrected chi connectivity index (χ4v) is 1.45. The first-order valence-electron chi connectivity index (χ1n) is 5.16. The lowest BCUT2D eigenvalue weighted by atomic mass is 10.1. The Hall–Kier alpha value is -1.06. The van der Waals surface area contributed by atoms with Gasteiger partial charge in [-0.25, -0.2) is 0 Å². The third-order valence-corrected chi connectivity index (χ3v) is 2.35. The SMILES string of the molecule is CNCCC(=O)Nc1c(C)cccc1C.Cl. The Morgan fingerprint density at radius 1 is 1.25 bits per heavy atom. The summed E-state index contributed by atoms with van der Waals surface area (Å²) in [5.74, 6) is 0.0572. The first-order valence-corrected chi connectivity index (χ1v) is 5.16. The van der Waals surface area contributed by atoms with Gasteiger partial charge in [-0.15, -0.1) is 12.4 Å². The maximum absolute atomic E-state index is 11.5. The summed E-state index contributed by atoms with van der Waals surface area (Å²) in [5, 5.41) is 5.89. The molecule has 3 nitrogen and oxygen atoms in total. The summed E-state index contributed by atoms with van der Waals surface area (Å²) in [6.07, 6.45) is 0.504. The van der Waals surface area contributed by atoms with Gasteiger partial charge in [0.2, 0.25) is 5.91 Å². The number of amides is 1. The number of benzene rings is 1. The second kappa shape index (κ2) is 7.25. The largest absolute Gasteiger partial charge is 0.326 e. The Morgan fingerprint density at radius 3 is 2.31 bits per heavy atom. The molecule has 0 unspecified atom stereocenters. The molecule has 0 aliphatic heterocycles. The molecule has 0 aromatic heterocycles. The summed E-state index contributed by atoms with van der Waals surface area (Å²) in [5.41, 5.74) is 3.15. The molecule has 0 radical (unpaired) electrons. The van der Waals surface area contributed by atoms with E-state index in [1.807, 2.05) is 39.1 Å². The lowest BCUT2D eigenvalue weighted by molar-refractivity contribution is -0.116. The predicted octanol–water partition coefficient (Wildman–Crippen LogP) is 2.27. The number of hydrogen-bond donors (Lipinski definition) is 2. The van der Waals surface area contributed by atoms with Gasteiger partial charge in [0.15, 0.2) is 0 Å². The molecule has 1 amide bonds. The van der Waals surface area contributed by atoms with Gasteiger partial charge < -0.3 is 10.6 Å². The maximum Gasteiger partial charge on any atom is 0.225 e. The zero-order valence-electron chi connectivity index (χ0n) is 9.96. The van der Waals surface area contributed by atoms with Crippen molar-refractivity contribution in [3.63, 3.8) is 0 Å². The van der Waals surface area contributed by atoms with Gasteiger partial charge in [-0.2, -0.15) is 0 Å². The highest BCUT2D eigenvalue weighted by Crippen LogP contribution is 2.19. The summed E-state index contributed by atoms with van der Waals surface area (Å²) in [6.45, 7) is 4.71. The second-order valence-corrected chi connectivity index (χ2v) is 3.67. The van der Waals surface area contributed by atoms with Gasteiger partial charge in [0.25, 0.3) is 0 Å². The number of halogens is 1. The molecule has 0 bridgehead atoms. The first-order chi connectivity index (χ1) is 7.15. The minimum Gasteiger partial charge on any atom is -0.326 e. The van der Waals surface area contributed by atoms with Crippen LogP contribution in [0.2, 0.25) is 0 Å². The van der Waals surface area contributed by atoms with Crippen molar-refractivity contribution in [1.82, 2.24) is 5.32 Å². The van der Waals surface area contributed by atoms with Gasteiger partial charge in [0.05, 0.1) is 0 Å². The van der Waals surface area contributed by atoms with Crippen LogP contribution in [0.5, 0.6) is 0 Å². The molecule has 0 heterocycles. The molecule has 0 aliphatic rings. The Kier molecular flexibility index (Phi) is 6.77. The van der Waals surface area contributed by atoms with Crippen molar-refractivity contribution >= 4 is 24.0 Å². The van der Waals surface area contributed by atoms with Gasteiger partial charge in [-0.3, -0.25) is 4.79 Å². The number of hydrogen-bond acceptors (Lipinski definition) is 2. The Bertz CT molecular complexity index is 333. The number of carbonyl (C=O) groups is 1. The van der Waals surface area contributed by atoms with Gasteiger partial charge in [-0.1, -0.05) is 18.2 Å². The number of para-hydroxylation sites is 1. The Morgan fingerprint density at radius 2 is 1.81 bits per heavy atom. The molecule has 4 heteroatoms. The van der Waals surface area contributed by atoms with E-state index in [4.69, 9.17) is 0 Å². The maximum atomic E-state index is 11.5. The molecular formula is C12H19ClN2O. The van der Waals surface area contributed by atoms with Crippen LogP contribution >= 0.6 is 12.4 Å². The van der Waals surface area contributed by atoms with Crippen LogP contribution in [0.25, 0.3) is 0 Å². The van der Waals surface area contributed by atoms with Crippen LogP contribution in [0.1, 0.15) is 17.5 Å². The monoisotopic (exact) mass is 242 g/mol. The molecule has 1 rings (SSSR count). The summed E-state index contributed by atoms with van der Waals surface area (Å²) < 4.78 is 0. The zero-order valence-corrected chi connectivity index (χ0v) is 10.8. The van der Waals surface area contributed by atoms with Gasteiger partial charge in [0, 0.05) is 18.7 Å². The third kappa shape index (κ3) is 4.21. The van der Waals surface area contributed by atoms with Crippen LogP contribution in [0.15, 0.2) is 18.2 Å². The Labute approximate surface area is 103 Å². The van der Waals surface area contributed by atoms with E-state index in [-0.39, 0.29) is 18.3 Å². The molecule has 16 heavy (non-hydrogen) atoms. The molecule has 2 N–H and O–H groups in total. The van der Waals surface area contributed by atoms with Crippen LogP contribution < -0.4 is 10.6 Å². The zero-order chi connectivity index (χ0) is 11.3. The van der Waals surface area contributed by atoms with E-state index in [0.29, 0.717) is 13.0 Å². The Balaban J connectivity index is 0.00000225. The standard InChI is InChI=1S/C12H18N2O.ClH/c1-9-5-4-6-10(2)12(9)14-11(15)7-8-13-3;/h4-6,13H,7-8H2,1-3H3,(H,14,15);1H. The van der Waals surface area contributed by atoms with Crippen LogP contribution in [-0.4, -0.2) is 19.5 Å². The highest BCUT2D eigenvalue weighted by Gasteiger charge is 2.05. The van der Waals surface area contributed by atoms with Crippen LogP contribution in [-0.2, 0) is 4.79 Å². The summed E-state index contributed by atoms with van der Waals surface area (Å²) in [7, 11) is 1.84. The summed E-state index contributed by atoms with van der Waals surface area (Å²) in [4.78, 5) is 11.5. The minimum atomic E-state index is 0. The van der Waals surface area contributed by atoms with Crippen molar-refractivity contribution in [1.29, 1.82) is 0 Å². The van der Waals surface area contributed by atoms with E-state index in [1.165, 1.54) is 0 Å². The number of nitrogens with one attached hydrogen (secondary N) is 2. The van der Waals surface area contributed by atoms with Gasteiger partial charge >= 0.3 is 0 Å². The number of aryl methyl sites for hydroxylation is 2. The number of anilines is 1. The first kappa shape index (κ1) is 14.9. The molecule has 90 valence electrons. The van der Waals surface area contributed by atoms with Crippen molar-refractivity contribution in [2.24, 2.45) is 0 Å². The molecule has 0 fully saturated rings. The third-order valence-electron chi connectivity index (χ3n) is 2.35. The highest BCUT2D eigenvalue weighted by atomic mass is 35.5. The predicted molar refractivity (Wildman–Crippen MR) is 70.3 cm³/mol. The van der Waals surface area contributed by atoms with Gasteiger partial charge in [0.1, 0.15) is 0 Å². The van der Waals surface area contributed by atoms with E-state index in [9.17, 15) is 4.79 Å². The van der Waals surface area contributed by atoms with E-state index in [1.54, 1.807) is 0 Å². The quantitative estimate of drug-likeness (QED) is 0.851. The fourth-order valence-electron chi connectivity index (χ4n) is 1.45. The molecule has 1 aromatic carbocycles. The van der Waals surface area contributed by atoms with Crippen LogP contribution in [0.4, 0.5) is 5.69 Å².